The summed E-state index contributed by atoms with van der Waals surface area (Å²) in [6.45, 7) is 2.14. The average Bonchev–Trinajstić information content (AvgIpc) is 2.94. The molecule has 0 atom stereocenters. The Balaban J connectivity index is 1.93. The Bertz CT molecular complexity index is 1050. The fourth-order valence-corrected chi connectivity index (χ4v) is 4.00. The minimum Gasteiger partial charge on any atom is -0.869 e. The van der Waals surface area contributed by atoms with E-state index in [0.29, 0.717) is 32.4 Å². The van der Waals surface area contributed by atoms with Crippen molar-refractivity contribution in [2.24, 2.45) is 4.99 Å². The molecule has 3 rings (SSSR count). The highest BCUT2D eigenvalue weighted by Gasteiger charge is 2.30. The number of hydrogen-bond donors (Lipinski definition) is 1. The molecule has 0 unspecified atom stereocenters. The molecule has 0 radical (unpaired) electrons. The van der Waals surface area contributed by atoms with Gasteiger partial charge in [0.1, 0.15) is 5.75 Å². The third-order valence-corrected chi connectivity index (χ3v) is 5.60. The number of likely N-dealkylation sites (N-methyl/N-ethyl adjacent to an activating group) is 1. The Morgan fingerprint density at radius 2 is 2.14 bits per heavy atom. The van der Waals surface area contributed by atoms with Gasteiger partial charge in [-0.2, -0.15) is 0 Å². The molecule has 1 aliphatic heterocycles. The highest BCUT2D eigenvalue weighted by Crippen LogP contribution is 2.37. The van der Waals surface area contributed by atoms with Crippen molar-refractivity contribution in [2.45, 2.75) is 6.92 Å². The summed E-state index contributed by atoms with van der Waals surface area (Å²) in [6.07, 6.45) is 1.66. The molecule has 0 aliphatic carbocycles. The molecular weight excluding hydrogens is 460 g/mol. The van der Waals surface area contributed by atoms with Crippen molar-refractivity contribution >= 4 is 56.5 Å². The number of carboxylic acid groups (broad SMARTS) is 1. The first-order valence-corrected chi connectivity index (χ1v) is 10.1. The van der Waals surface area contributed by atoms with E-state index in [4.69, 9.17) is 9.84 Å². The van der Waals surface area contributed by atoms with Crippen LogP contribution in [0, 0.1) is 0 Å². The number of halogens is 1. The Hall–Kier alpha value is -2.78. The number of carbonyl (C=O) groups excluding carboxylic acids is 1. The number of aliphatic imine (C=N–C) groups is 1. The van der Waals surface area contributed by atoms with E-state index in [1.165, 1.54) is 28.8 Å². The number of carbonyl (C=O) groups is 2. The number of nitrogens with zero attached hydrogens (tertiary/aromatic N) is 2. The van der Waals surface area contributed by atoms with E-state index in [2.05, 4.69) is 20.9 Å². The second-order valence-corrected chi connectivity index (χ2v) is 7.85. The first-order chi connectivity index (χ1) is 13.8. The number of rotatable bonds is 5. The van der Waals surface area contributed by atoms with E-state index in [0.717, 1.165) is 0 Å². The van der Waals surface area contributed by atoms with Crippen molar-refractivity contribution in [3.8, 4) is 11.5 Å². The van der Waals surface area contributed by atoms with E-state index < -0.39 is 5.97 Å². The smallest absolute Gasteiger partial charge is 0.335 e. The summed E-state index contributed by atoms with van der Waals surface area (Å²) in [5, 5.41) is 21.6. The van der Waals surface area contributed by atoms with Gasteiger partial charge in [0, 0.05) is 11.5 Å². The average molecular weight is 476 g/mol. The van der Waals surface area contributed by atoms with Crippen molar-refractivity contribution in [1.29, 1.82) is 0 Å². The van der Waals surface area contributed by atoms with Crippen LogP contribution in [0.1, 0.15) is 22.8 Å². The maximum absolute atomic E-state index is 12.6. The lowest BCUT2D eigenvalue weighted by atomic mass is 10.2. The molecule has 2 aromatic rings. The number of benzene rings is 2. The molecule has 0 spiro atoms. The Labute approximate surface area is 179 Å². The summed E-state index contributed by atoms with van der Waals surface area (Å²) in [5.41, 5.74) is 1.19. The van der Waals surface area contributed by atoms with E-state index in [9.17, 15) is 14.7 Å². The van der Waals surface area contributed by atoms with Crippen LogP contribution in [0.25, 0.3) is 6.08 Å². The van der Waals surface area contributed by atoms with Crippen LogP contribution in [0.5, 0.6) is 11.5 Å². The summed E-state index contributed by atoms with van der Waals surface area (Å²) in [4.78, 5) is 29.9. The monoisotopic (exact) mass is 475 g/mol. The zero-order valence-corrected chi connectivity index (χ0v) is 17.9. The molecule has 1 fully saturated rings. The lowest BCUT2D eigenvalue weighted by Crippen LogP contribution is -2.23. The SMILES string of the molecule is CCOc1cc(/C=C2\SC(=Nc3cccc(C(=O)O)c3)N(C)C2=O)cc(Br)c1[O-]. The van der Waals surface area contributed by atoms with Gasteiger partial charge < -0.3 is 14.9 Å². The third-order valence-electron chi connectivity index (χ3n) is 3.95. The second kappa shape index (κ2) is 8.71. The first kappa shape index (κ1) is 20.9. The maximum Gasteiger partial charge on any atom is 0.335 e. The molecule has 9 heteroatoms. The number of thioether (sulfide) groups is 1. The van der Waals surface area contributed by atoms with Gasteiger partial charge in [-0.25, -0.2) is 9.79 Å². The number of amidine groups is 1. The molecule has 1 N–H and O–H groups in total. The molecule has 150 valence electrons. The van der Waals surface area contributed by atoms with Gasteiger partial charge in [-0.15, -0.1) is 0 Å². The van der Waals surface area contributed by atoms with Crippen LogP contribution in [-0.4, -0.2) is 40.7 Å². The Morgan fingerprint density at radius 3 is 2.83 bits per heavy atom. The predicted molar refractivity (Wildman–Crippen MR) is 114 cm³/mol. The summed E-state index contributed by atoms with van der Waals surface area (Å²) in [7, 11) is 1.60. The summed E-state index contributed by atoms with van der Waals surface area (Å²) in [5.74, 6) is -1.34. The zero-order chi connectivity index (χ0) is 21.1. The van der Waals surface area contributed by atoms with E-state index >= 15 is 0 Å². The maximum atomic E-state index is 12.6. The lowest BCUT2D eigenvalue weighted by molar-refractivity contribution is -0.271. The van der Waals surface area contributed by atoms with E-state index in [1.54, 1.807) is 44.3 Å². The van der Waals surface area contributed by atoms with Crippen molar-refractivity contribution in [3.05, 3.63) is 56.9 Å². The number of carboxylic acids is 1. The van der Waals surface area contributed by atoms with Gasteiger partial charge in [0.25, 0.3) is 5.91 Å². The second-order valence-electron chi connectivity index (χ2n) is 5.99. The molecule has 1 aliphatic rings. The van der Waals surface area contributed by atoms with Gasteiger partial charge in [-0.3, -0.25) is 9.69 Å². The molecule has 1 saturated heterocycles. The summed E-state index contributed by atoms with van der Waals surface area (Å²) < 4.78 is 5.70. The Morgan fingerprint density at radius 1 is 1.38 bits per heavy atom. The minimum atomic E-state index is -1.05. The van der Waals surface area contributed by atoms with Crippen molar-refractivity contribution in [3.63, 3.8) is 0 Å². The standard InChI is InChI=1S/C20H17BrN2O5S/c1-3-28-15-8-11(7-14(21)17(15)24)9-16-18(25)23(2)20(29-16)22-13-6-4-5-12(10-13)19(26)27/h4-10,24H,3H2,1-2H3,(H,26,27)/p-1/b16-9-,22-20?. The van der Waals surface area contributed by atoms with Crippen LogP contribution in [0.2, 0.25) is 0 Å². The molecule has 1 heterocycles. The van der Waals surface area contributed by atoms with Crippen molar-refractivity contribution < 1.29 is 24.5 Å². The van der Waals surface area contributed by atoms with Gasteiger partial charge in [0.2, 0.25) is 0 Å². The van der Waals surface area contributed by atoms with Crippen LogP contribution in [0.4, 0.5) is 5.69 Å². The van der Waals surface area contributed by atoms with Gasteiger partial charge in [0.15, 0.2) is 5.17 Å². The van der Waals surface area contributed by atoms with Crippen molar-refractivity contribution in [2.75, 3.05) is 13.7 Å². The van der Waals surface area contributed by atoms with E-state index in [1.807, 2.05) is 0 Å². The van der Waals surface area contributed by atoms with E-state index in [-0.39, 0.29) is 23.0 Å². The molecule has 0 saturated carbocycles. The molecule has 0 bridgehead atoms. The topological polar surface area (TPSA) is 102 Å². The summed E-state index contributed by atoms with van der Waals surface area (Å²) in [6, 6.07) is 9.38. The number of ether oxygens (including phenoxy) is 1. The van der Waals surface area contributed by atoms with Gasteiger partial charge in [-0.05, 0) is 60.7 Å². The fourth-order valence-electron chi connectivity index (χ4n) is 2.56. The highest BCUT2D eigenvalue weighted by molar-refractivity contribution is 9.10. The van der Waals surface area contributed by atoms with Crippen LogP contribution in [-0.2, 0) is 4.79 Å². The van der Waals surface area contributed by atoms with Crippen LogP contribution >= 0.6 is 27.7 Å². The molecule has 2 aromatic carbocycles. The third kappa shape index (κ3) is 4.63. The van der Waals surface area contributed by atoms with Gasteiger partial charge in [0.05, 0.1) is 22.8 Å². The lowest BCUT2D eigenvalue weighted by Gasteiger charge is -2.16. The summed E-state index contributed by atoms with van der Waals surface area (Å²) >= 11 is 4.39. The number of amides is 1. The van der Waals surface area contributed by atoms with Gasteiger partial charge in [-0.1, -0.05) is 27.7 Å². The largest absolute Gasteiger partial charge is 0.869 e. The molecular formula is C20H16BrN2O5S-. The number of hydrogen-bond acceptors (Lipinski definition) is 6. The first-order valence-electron chi connectivity index (χ1n) is 8.53. The van der Waals surface area contributed by atoms with Gasteiger partial charge >= 0.3 is 5.97 Å². The molecule has 0 aromatic heterocycles. The highest BCUT2D eigenvalue weighted by atomic mass is 79.9. The van der Waals surface area contributed by atoms with Crippen LogP contribution in [0.15, 0.2) is 50.8 Å². The van der Waals surface area contributed by atoms with Crippen LogP contribution < -0.4 is 9.84 Å². The molecule has 29 heavy (non-hydrogen) atoms. The van der Waals surface area contributed by atoms with Crippen LogP contribution in [0.3, 0.4) is 0 Å². The predicted octanol–water partition coefficient (Wildman–Crippen LogP) is 3.85. The fraction of sp³-hybridized carbons (Fsp3) is 0.150. The normalized spacial score (nSPS) is 16.7. The zero-order valence-electron chi connectivity index (χ0n) is 15.5. The quantitative estimate of drug-likeness (QED) is 0.658. The molecule has 7 nitrogen and oxygen atoms in total. The minimum absolute atomic E-state index is 0.116. The molecule has 1 amide bonds. The Kier molecular flexibility index (Phi) is 6.29. The number of aromatic carboxylic acids is 1. The van der Waals surface area contributed by atoms with Crippen molar-refractivity contribution in [1.82, 2.24) is 4.90 Å².